The highest BCUT2D eigenvalue weighted by Crippen LogP contribution is 2.32. The largest absolute Gasteiger partial charge is 0.315 e. The molecule has 0 fully saturated rings. The minimum absolute atomic E-state index is 0.179. The molecule has 0 N–H and O–H groups in total. The van der Waals surface area contributed by atoms with Gasteiger partial charge in [-0.15, -0.1) is 11.3 Å². The zero-order valence-electron chi connectivity index (χ0n) is 14.9. The average Bonchev–Trinajstić information content (AvgIpc) is 3.31. The minimum Gasteiger partial charge on any atom is -0.315 e. The fourth-order valence-corrected chi connectivity index (χ4v) is 4.39. The van der Waals surface area contributed by atoms with Crippen molar-refractivity contribution in [3.8, 4) is 11.3 Å². The number of nitrogens with zero attached hydrogens (tertiary/aromatic N) is 4. The molecule has 0 unspecified atom stereocenters. The number of imidazole rings is 1. The number of rotatable bonds is 3. The molecular weight excluding hydrogens is 356 g/mol. The van der Waals surface area contributed by atoms with E-state index in [1.165, 1.54) is 5.56 Å². The fraction of sp³-hybridized carbons (Fsp3) is 0.190. The van der Waals surface area contributed by atoms with Gasteiger partial charge in [-0.2, -0.15) is 0 Å². The maximum absolute atomic E-state index is 11.9. The van der Waals surface area contributed by atoms with Gasteiger partial charge in [0.25, 0.3) is 0 Å². The zero-order chi connectivity index (χ0) is 18.4. The molecule has 0 bridgehead atoms. The normalized spacial score (nSPS) is 14.0. The van der Waals surface area contributed by atoms with Crippen LogP contribution in [0.4, 0.5) is 5.69 Å². The van der Waals surface area contributed by atoms with Crippen LogP contribution < -0.4 is 4.90 Å². The number of aryl methyl sites for hydroxylation is 1. The Morgan fingerprint density at radius 2 is 2.07 bits per heavy atom. The fourth-order valence-electron chi connectivity index (χ4n) is 3.57. The maximum atomic E-state index is 11.9. The molecule has 0 spiro atoms. The minimum atomic E-state index is 0.179. The third-order valence-electron chi connectivity index (χ3n) is 5.02. The van der Waals surface area contributed by atoms with Crippen molar-refractivity contribution in [3.05, 3.63) is 70.4 Å². The maximum Gasteiger partial charge on any atom is 0.227 e. The number of thiazole rings is 1. The quantitative estimate of drug-likeness (QED) is 0.545. The molecule has 0 saturated carbocycles. The zero-order valence-corrected chi connectivity index (χ0v) is 15.7. The number of hydrogen-bond acceptors (Lipinski definition) is 4. The Kier molecular flexibility index (Phi) is 3.79. The summed E-state index contributed by atoms with van der Waals surface area (Å²) in [7, 11) is 1.84. The molecule has 1 aliphatic heterocycles. The average molecular weight is 374 g/mol. The summed E-state index contributed by atoms with van der Waals surface area (Å²) in [5.74, 6) is 0.179. The highest BCUT2D eigenvalue weighted by atomic mass is 32.1. The van der Waals surface area contributed by atoms with E-state index in [-0.39, 0.29) is 5.91 Å². The van der Waals surface area contributed by atoms with Gasteiger partial charge in [0.15, 0.2) is 0 Å². The highest BCUT2D eigenvalue weighted by Gasteiger charge is 2.21. The van der Waals surface area contributed by atoms with Crippen LogP contribution in [0.3, 0.4) is 0 Å². The van der Waals surface area contributed by atoms with Crippen LogP contribution in [0, 0.1) is 0 Å². The van der Waals surface area contributed by atoms with Gasteiger partial charge < -0.3 is 9.30 Å². The number of aromatic nitrogens is 3. The summed E-state index contributed by atoms with van der Waals surface area (Å²) in [6.45, 7) is 0. The molecule has 5 nitrogen and oxygen atoms in total. The summed E-state index contributed by atoms with van der Waals surface area (Å²) in [5, 5.41) is 3.16. The molecular formula is C21H18N4OS. The third kappa shape index (κ3) is 2.92. The Morgan fingerprint density at radius 1 is 1.15 bits per heavy atom. The Morgan fingerprint density at radius 3 is 2.96 bits per heavy atom. The second kappa shape index (κ2) is 6.32. The van der Waals surface area contributed by atoms with Gasteiger partial charge in [0.05, 0.1) is 16.4 Å². The second-order valence-corrected chi connectivity index (χ2v) is 7.74. The van der Waals surface area contributed by atoms with Crippen molar-refractivity contribution < 1.29 is 4.79 Å². The van der Waals surface area contributed by atoms with Gasteiger partial charge in [0.2, 0.25) is 5.91 Å². The van der Waals surface area contributed by atoms with E-state index in [2.05, 4.69) is 28.7 Å². The molecule has 1 amide bonds. The number of pyridine rings is 1. The number of carbonyl (C=O) groups is 1. The van der Waals surface area contributed by atoms with Gasteiger partial charge in [-0.1, -0.05) is 12.1 Å². The Bertz CT molecular complexity index is 1130. The lowest BCUT2D eigenvalue weighted by atomic mass is 9.98. The van der Waals surface area contributed by atoms with E-state index < -0.39 is 0 Å². The number of carbonyl (C=O) groups excluding carboxylic acids is 1. The lowest BCUT2D eigenvalue weighted by molar-refractivity contribution is -0.118. The van der Waals surface area contributed by atoms with Crippen LogP contribution in [0.2, 0.25) is 0 Å². The first kappa shape index (κ1) is 16.2. The van der Waals surface area contributed by atoms with Crippen molar-refractivity contribution in [2.75, 3.05) is 11.9 Å². The summed E-state index contributed by atoms with van der Waals surface area (Å²) in [6, 6.07) is 12.3. The SMILES string of the molecule is CN1C(=O)CCc2cc(-c3csc(Cc4cn5ccccc5n4)n3)ccc21. The molecule has 134 valence electrons. The van der Waals surface area contributed by atoms with E-state index in [1.807, 2.05) is 41.9 Å². The van der Waals surface area contributed by atoms with Crippen molar-refractivity contribution in [3.63, 3.8) is 0 Å². The molecule has 1 aliphatic rings. The van der Waals surface area contributed by atoms with Crippen LogP contribution in [0.25, 0.3) is 16.9 Å². The van der Waals surface area contributed by atoms with E-state index in [1.54, 1.807) is 16.2 Å². The van der Waals surface area contributed by atoms with Gasteiger partial charge in [-0.25, -0.2) is 9.97 Å². The van der Waals surface area contributed by atoms with E-state index in [0.717, 1.165) is 46.1 Å². The van der Waals surface area contributed by atoms with E-state index in [9.17, 15) is 4.79 Å². The van der Waals surface area contributed by atoms with Gasteiger partial charge >= 0.3 is 0 Å². The van der Waals surface area contributed by atoms with Crippen LogP contribution in [0.15, 0.2) is 54.2 Å². The molecule has 6 heteroatoms. The van der Waals surface area contributed by atoms with Crippen LogP contribution in [-0.2, 0) is 17.6 Å². The van der Waals surface area contributed by atoms with Crippen LogP contribution >= 0.6 is 11.3 Å². The molecule has 27 heavy (non-hydrogen) atoms. The number of anilines is 1. The third-order valence-corrected chi connectivity index (χ3v) is 5.87. The van der Waals surface area contributed by atoms with Crippen molar-refractivity contribution in [1.82, 2.24) is 14.4 Å². The van der Waals surface area contributed by atoms with Crippen molar-refractivity contribution in [2.45, 2.75) is 19.3 Å². The number of fused-ring (bicyclic) bond motifs is 2. The first-order chi connectivity index (χ1) is 13.2. The molecule has 0 radical (unpaired) electrons. The predicted octanol–water partition coefficient (Wildman–Crippen LogP) is 3.96. The summed E-state index contributed by atoms with van der Waals surface area (Å²) in [5.41, 5.74) is 6.29. The Hall–Kier alpha value is -2.99. The molecule has 3 aromatic heterocycles. The van der Waals surface area contributed by atoms with Gasteiger partial charge in [-0.05, 0) is 36.2 Å². The number of benzene rings is 1. The summed E-state index contributed by atoms with van der Waals surface area (Å²) >= 11 is 1.66. The topological polar surface area (TPSA) is 50.5 Å². The molecule has 0 atom stereocenters. The standard InChI is InChI=1S/C21H18N4OS/c1-24-18-7-5-14(10-15(18)6-8-21(24)26)17-13-27-20(23-17)11-16-12-25-9-3-2-4-19(25)22-16/h2-5,7,9-10,12-13H,6,8,11H2,1H3. The van der Waals surface area contributed by atoms with Gasteiger partial charge in [-0.3, -0.25) is 4.79 Å². The Labute approximate surface area is 160 Å². The van der Waals surface area contributed by atoms with E-state index in [4.69, 9.17) is 4.98 Å². The molecule has 5 rings (SSSR count). The smallest absolute Gasteiger partial charge is 0.227 e. The highest BCUT2D eigenvalue weighted by molar-refractivity contribution is 7.10. The van der Waals surface area contributed by atoms with Crippen molar-refractivity contribution in [1.29, 1.82) is 0 Å². The van der Waals surface area contributed by atoms with E-state index >= 15 is 0 Å². The van der Waals surface area contributed by atoms with Crippen molar-refractivity contribution in [2.24, 2.45) is 0 Å². The van der Waals surface area contributed by atoms with Gasteiger partial charge in [0.1, 0.15) is 5.65 Å². The summed E-state index contributed by atoms with van der Waals surface area (Å²) in [6.07, 6.45) is 6.17. The molecule has 4 aromatic rings. The molecule has 0 saturated heterocycles. The van der Waals surface area contributed by atoms with Crippen molar-refractivity contribution >= 4 is 28.6 Å². The first-order valence-electron chi connectivity index (χ1n) is 8.94. The lowest BCUT2D eigenvalue weighted by Crippen LogP contribution is -2.30. The molecule has 0 aliphatic carbocycles. The second-order valence-electron chi connectivity index (χ2n) is 6.80. The predicted molar refractivity (Wildman–Crippen MR) is 107 cm³/mol. The van der Waals surface area contributed by atoms with Crippen LogP contribution in [-0.4, -0.2) is 27.3 Å². The monoisotopic (exact) mass is 374 g/mol. The van der Waals surface area contributed by atoms with Crippen LogP contribution in [0.5, 0.6) is 0 Å². The first-order valence-corrected chi connectivity index (χ1v) is 9.82. The lowest BCUT2D eigenvalue weighted by Gasteiger charge is -2.26. The van der Waals surface area contributed by atoms with Crippen LogP contribution in [0.1, 0.15) is 22.7 Å². The number of hydrogen-bond donors (Lipinski definition) is 0. The van der Waals surface area contributed by atoms with Gasteiger partial charge in [0, 0.05) is 48.9 Å². The van der Waals surface area contributed by atoms with E-state index in [0.29, 0.717) is 6.42 Å². The summed E-state index contributed by atoms with van der Waals surface area (Å²) in [4.78, 5) is 23.1. The molecule has 1 aromatic carbocycles. The Balaban J connectivity index is 1.41. The molecule has 4 heterocycles. The summed E-state index contributed by atoms with van der Waals surface area (Å²) < 4.78 is 2.03. The number of amides is 1.